The molecule has 1 atom stereocenters. The van der Waals surface area contributed by atoms with Crippen LogP contribution in [0.25, 0.3) is 0 Å². The first-order chi connectivity index (χ1) is 8.02. The molecule has 0 aromatic carbocycles. The van der Waals surface area contributed by atoms with Crippen molar-refractivity contribution in [3.8, 4) is 0 Å². The molecule has 1 aromatic rings. The lowest BCUT2D eigenvalue weighted by molar-refractivity contribution is -0.136. The van der Waals surface area contributed by atoms with Crippen LogP contribution < -0.4 is 0 Å². The lowest BCUT2D eigenvalue weighted by atomic mass is 9.92. The van der Waals surface area contributed by atoms with E-state index in [0.29, 0.717) is 10.6 Å². The summed E-state index contributed by atoms with van der Waals surface area (Å²) in [6, 6.07) is 3.35. The maximum atomic E-state index is 12.0. The fourth-order valence-electron chi connectivity index (χ4n) is 1.68. The van der Waals surface area contributed by atoms with E-state index in [-0.39, 0.29) is 0 Å². The zero-order chi connectivity index (χ0) is 12.6. The summed E-state index contributed by atoms with van der Waals surface area (Å²) in [6.07, 6.45) is 1.34. The number of nitrogens with zero attached hydrogens (tertiary/aromatic N) is 1. The molecule has 4 nitrogen and oxygen atoms in total. The zero-order valence-electron chi connectivity index (χ0n) is 9.47. The SMILES string of the molecule is CC1=CC(=O)C(C(=O)c2cccs2)C(=O)N1C. The third kappa shape index (κ3) is 1.93. The van der Waals surface area contributed by atoms with Crippen molar-refractivity contribution in [1.29, 1.82) is 0 Å². The van der Waals surface area contributed by atoms with E-state index in [1.165, 1.54) is 22.3 Å². The van der Waals surface area contributed by atoms with Crippen molar-refractivity contribution in [3.63, 3.8) is 0 Å². The van der Waals surface area contributed by atoms with Crippen LogP contribution >= 0.6 is 11.3 Å². The van der Waals surface area contributed by atoms with E-state index < -0.39 is 23.4 Å². The summed E-state index contributed by atoms with van der Waals surface area (Å²) in [5, 5.41) is 1.75. The Labute approximate surface area is 103 Å². The largest absolute Gasteiger partial charge is 0.318 e. The fraction of sp³-hybridized carbons (Fsp3) is 0.250. The topological polar surface area (TPSA) is 54.5 Å². The first kappa shape index (κ1) is 11.7. The van der Waals surface area contributed by atoms with Crippen LogP contribution in [-0.4, -0.2) is 29.4 Å². The van der Waals surface area contributed by atoms with Gasteiger partial charge in [-0.2, -0.15) is 0 Å². The molecule has 2 heterocycles. The summed E-state index contributed by atoms with van der Waals surface area (Å²) in [4.78, 5) is 37.5. The molecule has 0 bridgehead atoms. The highest BCUT2D eigenvalue weighted by Crippen LogP contribution is 2.22. The van der Waals surface area contributed by atoms with Crippen LogP contribution in [-0.2, 0) is 9.59 Å². The molecule has 17 heavy (non-hydrogen) atoms. The molecule has 1 unspecified atom stereocenters. The summed E-state index contributed by atoms with van der Waals surface area (Å²) in [5.41, 5.74) is 0.565. The van der Waals surface area contributed by atoms with Crippen molar-refractivity contribution in [2.75, 3.05) is 7.05 Å². The minimum Gasteiger partial charge on any atom is -0.318 e. The number of rotatable bonds is 2. The second-order valence-electron chi connectivity index (χ2n) is 3.86. The number of carbonyl (C=O) groups is 3. The Kier molecular flexibility index (Phi) is 2.93. The summed E-state index contributed by atoms with van der Waals surface area (Å²) >= 11 is 1.24. The van der Waals surface area contributed by atoms with Gasteiger partial charge in [0.05, 0.1) is 4.88 Å². The molecule has 0 N–H and O–H groups in total. The van der Waals surface area contributed by atoms with Crippen LogP contribution in [0.2, 0.25) is 0 Å². The number of thiophene rings is 1. The van der Waals surface area contributed by atoms with Gasteiger partial charge in [-0.05, 0) is 18.4 Å². The zero-order valence-corrected chi connectivity index (χ0v) is 10.3. The van der Waals surface area contributed by atoms with Crippen LogP contribution in [0.3, 0.4) is 0 Å². The third-order valence-electron chi connectivity index (χ3n) is 2.77. The molecule has 2 rings (SSSR count). The van der Waals surface area contributed by atoms with E-state index in [1.54, 1.807) is 31.5 Å². The molecule has 1 aliphatic heterocycles. The summed E-state index contributed by atoms with van der Waals surface area (Å²) in [7, 11) is 1.56. The Bertz CT molecular complexity index is 516. The minimum absolute atomic E-state index is 0.411. The molecule has 0 saturated heterocycles. The average Bonchev–Trinajstić information content (AvgIpc) is 2.79. The quantitative estimate of drug-likeness (QED) is 0.589. The predicted molar refractivity (Wildman–Crippen MR) is 63.7 cm³/mol. The van der Waals surface area contributed by atoms with E-state index in [2.05, 4.69) is 0 Å². The highest BCUT2D eigenvalue weighted by molar-refractivity contribution is 7.12. The minimum atomic E-state index is -1.21. The van der Waals surface area contributed by atoms with E-state index in [4.69, 9.17) is 0 Å². The van der Waals surface area contributed by atoms with Gasteiger partial charge in [-0.1, -0.05) is 6.07 Å². The van der Waals surface area contributed by atoms with Crippen LogP contribution in [0.5, 0.6) is 0 Å². The molecule has 1 aromatic heterocycles. The van der Waals surface area contributed by atoms with Crippen molar-refractivity contribution in [2.24, 2.45) is 5.92 Å². The molecule has 0 aliphatic carbocycles. The number of hydrogen-bond acceptors (Lipinski definition) is 4. The lowest BCUT2D eigenvalue weighted by Gasteiger charge is -2.26. The summed E-state index contributed by atoms with van der Waals surface area (Å²) in [5.74, 6) is -2.50. The van der Waals surface area contributed by atoms with Gasteiger partial charge in [-0.3, -0.25) is 14.4 Å². The highest BCUT2D eigenvalue weighted by Gasteiger charge is 2.39. The molecule has 88 valence electrons. The van der Waals surface area contributed by atoms with Crippen molar-refractivity contribution in [3.05, 3.63) is 34.2 Å². The second-order valence-corrected chi connectivity index (χ2v) is 4.81. The maximum Gasteiger partial charge on any atom is 0.245 e. The van der Waals surface area contributed by atoms with Gasteiger partial charge in [0.15, 0.2) is 17.5 Å². The summed E-state index contributed by atoms with van der Waals surface area (Å²) < 4.78 is 0. The molecule has 0 saturated carbocycles. The molecule has 5 heteroatoms. The Hall–Kier alpha value is -1.75. The van der Waals surface area contributed by atoms with E-state index in [1.807, 2.05) is 0 Å². The molecular weight excluding hydrogens is 238 g/mol. The van der Waals surface area contributed by atoms with Gasteiger partial charge in [0.2, 0.25) is 5.91 Å². The standard InChI is InChI=1S/C12H11NO3S/c1-7-6-8(14)10(12(16)13(7)2)11(15)9-4-3-5-17-9/h3-6,10H,1-2H3. The maximum absolute atomic E-state index is 12.0. The Balaban J connectivity index is 2.37. The molecule has 0 radical (unpaired) electrons. The van der Waals surface area contributed by atoms with Crippen molar-refractivity contribution in [2.45, 2.75) is 6.92 Å². The second kappa shape index (κ2) is 4.25. The number of carbonyl (C=O) groups excluding carboxylic acids is 3. The molecule has 0 fully saturated rings. The molecule has 0 spiro atoms. The van der Waals surface area contributed by atoms with Gasteiger partial charge in [-0.15, -0.1) is 11.3 Å². The first-order valence-corrected chi connectivity index (χ1v) is 5.97. The van der Waals surface area contributed by atoms with Gasteiger partial charge in [-0.25, -0.2) is 0 Å². The Morgan fingerprint density at radius 1 is 1.41 bits per heavy atom. The van der Waals surface area contributed by atoms with Gasteiger partial charge in [0.1, 0.15) is 0 Å². The van der Waals surface area contributed by atoms with Gasteiger partial charge in [0.25, 0.3) is 0 Å². The average molecular weight is 249 g/mol. The predicted octanol–water partition coefficient (Wildman–Crippen LogP) is 1.49. The van der Waals surface area contributed by atoms with E-state index in [9.17, 15) is 14.4 Å². The van der Waals surface area contributed by atoms with E-state index in [0.717, 1.165) is 0 Å². The molecular formula is C12H11NO3S. The number of amides is 1. The van der Waals surface area contributed by atoms with Gasteiger partial charge in [0, 0.05) is 18.8 Å². The van der Waals surface area contributed by atoms with Crippen molar-refractivity contribution < 1.29 is 14.4 Å². The van der Waals surface area contributed by atoms with Crippen molar-refractivity contribution in [1.82, 2.24) is 4.90 Å². The molecule has 1 amide bonds. The fourth-order valence-corrected chi connectivity index (χ4v) is 2.37. The normalized spacial score (nSPS) is 20.5. The highest BCUT2D eigenvalue weighted by atomic mass is 32.1. The monoisotopic (exact) mass is 249 g/mol. The number of allylic oxidation sites excluding steroid dienone is 2. The number of Topliss-reactive ketones (excluding diaryl/α,β-unsaturated/α-hetero) is 1. The molecule has 1 aliphatic rings. The first-order valence-electron chi connectivity index (χ1n) is 5.10. The van der Waals surface area contributed by atoms with Gasteiger partial charge >= 0.3 is 0 Å². The third-order valence-corrected chi connectivity index (χ3v) is 3.65. The lowest BCUT2D eigenvalue weighted by Crippen LogP contribution is -2.43. The van der Waals surface area contributed by atoms with Crippen LogP contribution in [0.1, 0.15) is 16.6 Å². The van der Waals surface area contributed by atoms with Gasteiger partial charge < -0.3 is 4.90 Å². The Morgan fingerprint density at radius 3 is 2.71 bits per heavy atom. The Morgan fingerprint density at radius 2 is 2.12 bits per heavy atom. The van der Waals surface area contributed by atoms with Crippen LogP contribution in [0.15, 0.2) is 29.3 Å². The van der Waals surface area contributed by atoms with Crippen LogP contribution in [0.4, 0.5) is 0 Å². The number of hydrogen-bond donors (Lipinski definition) is 0. The number of ketones is 2. The van der Waals surface area contributed by atoms with E-state index >= 15 is 0 Å². The van der Waals surface area contributed by atoms with Crippen molar-refractivity contribution >= 4 is 28.8 Å². The smallest absolute Gasteiger partial charge is 0.245 e. The summed E-state index contributed by atoms with van der Waals surface area (Å²) in [6.45, 7) is 1.67. The van der Waals surface area contributed by atoms with Crippen LogP contribution in [0, 0.1) is 5.92 Å².